The first kappa shape index (κ1) is 17.0. The molecule has 2 aromatic carbocycles. The van der Waals surface area contributed by atoms with Crippen molar-refractivity contribution in [3.63, 3.8) is 0 Å². The second-order valence-corrected chi connectivity index (χ2v) is 7.00. The molecule has 126 valence electrons. The van der Waals surface area contributed by atoms with Crippen molar-refractivity contribution in [2.75, 3.05) is 19.6 Å². The fourth-order valence-corrected chi connectivity index (χ4v) is 3.62. The van der Waals surface area contributed by atoms with Crippen molar-refractivity contribution in [3.05, 3.63) is 77.9 Å². The molecule has 1 fully saturated rings. The van der Waals surface area contributed by atoms with Crippen LogP contribution in [0.1, 0.15) is 36.0 Å². The van der Waals surface area contributed by atoms with Gasteiger partial charge in [0.25, 0.3) is 0 Å². The van der Waals surface area contributed by atoms with Crippen molar-refractivity contribution in [2.45, 2.75) is 32.1 Å². The molecule has 0 unspecified atom stereocenters. The van der Waals surface area contributed by atoms with Crippen molar-refractivity contribution in [1.82, 2.24) is 4.90 Å². The lowest BCUT2D eigenvalue weighted by atomic mass is 9.90. The number of piperidine rings is 1. The largest absolute Gasteiger partial charge is 0.303 e. The van der Waals surface area contributed by atoms with Gasteiger partial charge in [0.15, 0.2) is 0 Å². The number of likely N-dealkylation sites (tertiary alicyclic amines) is 1. The van der Waals surface area contributed by atoms with E-state index < -0.39 is 0 Å². The first-order valence-corrected chi connectivity index (χ1v) is 9.31. The second kappa shape index (κ2) is 8.84. The minimum Gasteiger partial charge on any atom is -0.303 e. The fraction of sp³-hybridized carbons (Fsp3) is 0.391. The maximum atomic E-state index is 3.81. The third kappa shape index (κ3) is 5.07. The number of hydrogen-bond acceptors (Lipinski definition) is 1. The predicted octanol–water partition coefficient (Wildman–Crippen LogP) is 5.22. The van der Waals surface area contributed by atoms with Gasteiger partial charge < -0.3 is 4.90 Å². The van der Waals surface area contributed by atoms with E-state index in [9.17, 15) is 0 Å². The molecular formula is C23H29N. The van der Waals surface area contributed by atoms with Crippen LogP contribution in [0.25, 0.3) is 6.08 Å². The Kier molecular flexibility index (Phi) is 6.26. The summed E-state index contributed by atoms with van der Waals surface area (Å²) in [4.78, 5) is 2.64. The molecule has 1 heteroatoms. The van der Waals surface area contributed by atoms with Gasteiger partial charge in [0.2, 0.25) is 0 Å². The van der Waals surface area contributed by atoms with E-state index in [1.807, 2.05) is 6.08 Å². The van der Waals surface area contributed by atoms with Crippen LogP contribution in [0.5, 0.6) is 0 Å². The number of hydrogen-bond donors (Lipinski definition) is 0. The van der Waals surface area contributed by atoms with Crippen molar-refractivity contribution in [3.8, 4) is 0 Å². The zero-order valence-corrected chi connectivity index (χ0v) is 14.7. The van der Waals surface area contributed by atoms with E-state index in [1.54, 1.807) is 0 Å². The van der Waals surface area contributed by atoms with Crippen LogP contribution < -0.4 is 0 Å². The topological polar surface area (TPSA) is 3.24 Å². The Morgan fingerprint density at radius 3 is 2.21 bits per heavy atom. The van der Waals surface area contributed by atoms with Gasteiger partial charge in [-0.3, -0.25) is 0 Å². The highest BCUT2D eigenvalue weighted by Gasteiger charge is 2.18. The molecule has 0 aliphatic carbocycles. The second-order valence-electron chi connectivity index (χ2n) is 7.00. The first-order chi connectivity index (χ1) is 11.8. The van der Waals surface area contributed by atoms with E-state index >= 15 is 0 Å². The normalized spacial score (nSPS) is 16.2. The Hall–Kier alpha value is -1.86. The molecule has 1 saturated heterocycles. The zero-order chi connectivity index (χ0) is 16.6. The van der Waals surface area contributed by atoms with Gasteiger partial charge in [-0.2, -0.15) is 0 Å². The van der Waals surface area contributed by atoms with Crippen molar-refractivity contribution >= 4 is 6.08 Å². The summed E-state index contributed by atoms with van der Waals surface area (Å²) < 4.78 is 0. The molecule has 0 bridgehead atoms. The van der Waals surface area contributed by atoms with Gasteiger partial charge in [-0.25, -0.2) is 0 Å². The molecule has 0 radical (unpaired) electrons. The lowest BCUT2D eigenvalue weighted by Crippen LogP contribution is -2.35. The number of nitrogens with zero attached hydrogens (tertiary/aromatic N) is 1. The van der Waals surface area contributed by atoms with Crippen LogP contribution in [0, 0.1) is 5.92 Å². The molecule has 0 spiro atoms. The summed E-state index contributed by atoms with van der Waals surface area (Å²) in [7, 11) is 0. The molecule has 0 amide bonds. The van der Waals surface area contributed by atoms with E-state index in [0.29, 0.717) is 0 Å². The summed E-state index contributed by atoms with van der Waals surface area (Å²) in [5, 5.41) is 0. The van der Waals surface area contributed by atoms with Crippen LogP contribution in [-0.4, -0.2) is 24.5 Å². The molecule has 1 nitrogen and oxygen atoms in total. The van der Waals surface area contributed by atoms with Crippen molar-refractivity contribution in [1.29, 1.82) is 0 Å². The average molecular weight is 319 g/mol. The Bertz CT molecular complexity index is 606. The van der Waals surface area contributed by atoms with Crippen LogP contribution in [0.15, 0.2) is 61.2 Å². The number of benzene rings is 2. The minimum absolute atomic E-state index is 0.910. The highest BCUT2D eigenvalue weighted by atomic mass is 15.1. The van der Waals surface area contributed by atoms with Gasteiger partial charge >= 0.3 is 0 Å². The molecule has 0 saturated carbocycles. The molecule has 1 aliphatic heterocycles. The fourth-order valence-electron chi connectivity index (χ4n) is 3.62. The van der Waals surface area contributed by atoms with E-state index in [2.05, 4.69) is 66.1 Å². The van der Waals surface area contributed by atoms with E-state index in [-0.39, 0.29) is 0 Å². The van der Waals surface area contributed by atoms with Crippen LogP contribution in [0.3, 0.4) is 0 Å². The summed E-state index contributed by atoms with van der Waals surface area (Å²) in [6.07, 6.45) is 8.38. The van der Waals surface area contributed by atoms with E-state index in [0.717, 1.165) is 12.3 Å². The van der Waals surface area contributed by atoms with Gasteiger partial charge in [-0.1, -0.05) is 67.3 Å². The average Bonchev–Trinajstić information content (AvgIpc) is 2.67. The third-order valence-electron chi connectivity index (χ3n) is 5.32. The molecule has 1 aliphatic rings. The number of rotatable bonds is 7. The Morgan fingerprint density at radius 2 is 1.54 bits per heavy atom. The van der Waals surface area contributed by atoms with Gasteiger partial charge in [-0.05, 0) is 67.8 Å². The highest BCUT2D eigenvalue weighted by Crippen LogP contribution is 2.22. The monoisotopic (exact) mass is 319 g/mol. The van der Waals surface area contributed by atoms with Crippen LogP contribution in [-0.2, 0) is 12.8 Å². The lowest BCUT2D eigenvalue weighted by Gasteiger charge is -2.32. The van der Waals surface area contributed by atoms with Gasteiger partial charge in [-0.15, -0.1) is 0 Å². The van der Waals surface area contributed by atoms with Crippen molar-refractivity contribution in [2.24, 2.45) is 5.92 Å². The summed E-state index contributed by atoms with van der Waals surface area (Å²) in [5.41, 5.74) is 4.13. The highest BCUT2D eigenvalue weighted by molar-refractivity contribution is 5.47. The summed E-state index contributed by atoms with van der Waals surface area (Å²) in [6.45, 7) is 7.54. The van der Waals surface area contributed by atoms with Crippen LogP contribution in [0.4, 0.5) is 0 Å². The smallest absolute Gasteiger partial charge is 0.00218 e. The zero-order valence-electron chi connectivity index (χ0n) is 14.7. The van der Waals surface area contributed by atoms with Gasteiger partial charge in [0.05, 0.1) is 0 Å². The van der Waals surface area contributed by atoms with Crippen LogP contribution in [0.2, 0.25) is 0 Å². The first-order valence-electron chi connectivity index (χ1n) is 9.31. The van der Waals surface area contributed by atoms with Crippen molar-refractivity contribution < 1.29 is 0 Å². The molecule has 3 rings (SSSR count). The van der Waals surface area contributed by atoms with E-state index in [1.165, 1.54) is 62.0 Å². The Balaban J connectivity index is 1.36. The summed E-state index contributed by atoms with van der Waals surface area (Å²) in [5.74, 6) is 0.910. The molecule has 1 heterocycles. The summed E-state index contributed by atoms with van der Waals surface area (Å²) in [6, 6.07) is 19.7. The summed E-state index contributed by atoms with van der Waals surface area (Å²) >= 11 is 0. The molecule has 24 heavy (non-hydrogen) atoms. The van der Waals surface area contributed by atoms with Gasteiger partial charge in [0.1, 0.15) is 0 Å². The quantitative estimate of drug-likeness (QED) is 0.676. The predicted molar refractivity (Wildman–Crippen MR) is 104 cm³/mol. The maximum absolute atomic E-state index is 3.81. The molecule has 0 aromatic heterocycles. The number of aryl methyl sites for hydroxylation is 1. The molecule has 2 aromatic rings. The Labute approximate surface area is 147 Å². The maximum Gasteiger partial charge on any atom is 0.00218 e. The minimum atomic E-state index is 0.910. The lowest BCUT2D eigenvalue weighted by molar-refractivity contribution is 0.181. The van der Waals surface area contributed by atoms with Crippen LogP contribution >= 0.6 is 0 Å². The SMILES string of the molecule is C=Cc1ccc(CCN2CCC(CCc3ccccc3)CC2)cc1. The standard InChI is InChI=1S/C23H29N/c1-2-20-8-10-22(11-9-20)14-17-24-18-15-23(16-19-24)13-12-21-6-4-3-5-7-21/h2-11,23H,1,12-19H2. The molecule has 0 atom stereocenters. The Morgan fingerprint density at radius 1 is 0.875 bits per heavy atom. The molecule has 0 N–H and O–H groups in total. The molecular weight excluding hydrogens is 290 g/mol. The van der Waals surface area contributed by atoms with Gasteiger partial charge in [0, 0.05) is 6.54 Å². The third-order valence-corrected chi connectivity index (χ3v) is 5.32. The van der Waals surface area contributed by atoms with E-state index in [4.69, 9.17) is 0 Å².